The van der Waals surface area contributed by atoms with Crippen molar-refractivity contribution in [2.24, 2.45) is 0 Å². The van der Waals surface area contributed by atoms with Crippen LogP contribution in [0.5, 0.6) is 0 Å². The molecule has 0 aliphatic heterocycles. The molecule has 57 heavy (non-hydrogen) atoms. The van der Waals surface area contributed by atoms with Crippen LogP contribution in [0.2, 0.25) is 0 Å². The normalized spacial score (nSPS) is 12.2. The maximum atomic E-state index is 6.93. The third-order valence-corrected chi connectivity index (χ3v) is 12.5. The predicted octanol–water partition coefficient (Wildman–Crippen LogP) is 16.1. The molecule has 12 aromatic carbocycles. The summed E-state index contributed by atoms with van der Waals surface area (Å²) in [7, 11) is 0. The molecule has 1 nitrogen and oxygen atoms in total. The van der Waals surface area contributed by atoms with E-state index in [0.717, 1.165) is 27.5 Å². The zero-order valence-electron chi connectivity index (χ0n) is 30.9. The standard InChI is InChI=1S/C56H32O/c1-2-10-33(11-3-1)41-24-20-35-23-27-47-44(25-21-36-22-26-46(41)54(35)55(36)47)49-30-40(32-52-56(49)50-28-37-13-4-5-14-38(37)31-51(50)57-52)48-29-39-19-18-34-12-6-7-15-42(34)53(39)45-17-9-8-16-43(45)48/h1-32H. The largest absolute Gasteiger partial charge is 0.456 e. The van der Waals surface area contributed by atoms with Gasteiger partial charge in [-0.05, 0) is 139 Å². The third kappa shape index (κ3) is 4.40. The Bertz CT molecular complexity index is 3790. The molecular formula is C56H32O. The van der Waals surface area contributed by atoms with Crippen molar-refractivity contribution in [3.63, 3.8) is 0 Å². The number of hydrogen-bond donors (Lipinski definition) is 0. The summed E-state index contributed by atoms with van der Waals surface area (Å²) in [6, 6.07) is 71.6. The Morgan fingerprint density at radius 2 is 0.825 bits per heavy atom. The van der Waals surface area contributed by atoms with Gasteiger partial charge < -0.3 is 4.42 Å². The Morgan fingerprint density at radius 3 is 1.61 bits per heavy atom. The molecule has 0 saturated heterocycles. The van der Waals surface area contributed by atoms with Crippen molar-refractivity contribution in [2.45, 2.75) is 0 Å². The van der Waals surface area contributed by atoms with Gasteiger partial charge in [0.1, 0.15) is 11.2 Å². The molecule has 0 atom stereocenters. The lowest BCUT2D eigenvalue weighted by Crippen LogP contribution is -1.91. The maximum Gasteiger partial charge on any atom is 0.136 e. The van der Waals surface area contributed by atoms with Crippen LogP contribution in [0.15, 0.2) is 199 Å². The van der Waals surface area contributed by atoms with E-state index in [1.54, 1.807) is 0 Å². The van der Waals surface area contributed by atoms with Gasteiger partial charge >= 0.3 is 0 Å². The number of rotatable bonds is 3. The molecule has 0 radical (unpaired) electrons. The topological polar surface area (TPSA) is 13.1 Å². The second-order valence-electron chi connectivity index (χ2n) is 15.6. The molecule has 262 valence electrons. The molecular weight excluding hydrogens is 689 g/mol. The minimum atomic E-state index is 0.896. The summed E-state index contributed by atoms with van der Waals surface area (Å²) in [4.78, 5) is 0. The number of fused-ring (bicyclic) bond motifs is 9. The first-order valence-corrected chi connectivity index (χ1v) is 19.7. The van der Waals surface area contributed by atoms with E-state index >= 15 is 0 Å². The lowest BCUT2D eigenvalue weighted by Gasteiger charge is -2.18. The van der Waals surface area contributed by atoms with Crippen molar-refractivity contribution < 1.29 is 4.42 Å². The van der Waals surface area contributed by atoms with E-state index in [1.165, 1.54) is 103 Å². The van der Waals surface area contributed by atoms with Crippen molar-refractivity contribution >= 4 is 97.3 Å². The zero-order valence-corrected chi connectivity index (χ0v) is 30.9. The fourth-order valence-electron chi connectivity index (χ4n) is 9.98. The van der Waals surface area contributed by atoms with Gasteiger partial charge in [0, 0.05) is 10.8 Å². The first kappa shape index (κ1) is 30.8. The van der Waals surface area contributed by atoms with E-state index in [4.69, 9.17) is 4.42 Å². The monoisotopic (exact) mass is 720 g/mol. The highest BCUT2D eigenvalue weighted by molar-refractivity contribution is 6.30. The SMILES string of the molecule is c1ccc(-c2ccc3ccc4c(-c5cc(-c6cc7ccc8ccccc8c7c7ccccc67)cc6oc7cc8ccccc8cc7c56)ccc5ccc2c3c54)cc1. The van der Waals surface area contributed by atoms with Gasteiger partial charge in [0.15, 0.2) is 0 Å². The Balaban J connectivity index is 1.15. The highest BCUT2D eigenvalue weighted by atomic mass is 16.3. The molecule has 0 aliphatic carbocycles. The van der Waals surface area contributed by atoms with Crippen LogP contribution in [-0.4, -0.2) is 0 Å². The van der Waals surface area contributed by atoms with Crippen LogP contribution in [0.4, 0.5) is 0 Å². The van der Waals surface area contributed by atoms with Crippen LogP contribution in [0.1, 0.15) is 0 Å². The molecule has 0 aliphatic rings. The van der Waals surface area contributed by atoms with Gasteiger partial charge in [-0.1, -0.05) is 164 Å². The molecule has 0 N–H and O–H groups in total. The summed E-state index contributed by atoms with van der Waals surface area (Å²) in [6.45, 7) is 0. The van der Waals surface area contributed by atoms with E-state index in [-0.39, 0.29) is 0 Å². The Kier molecular flexibility index (Phi) is 6.23. The number of benzene rings is 12. The molecule has 0 saturated carbocycles. The first-order valence-electron chi connectivity index (χ1n) is 19.7. The summed E-state index contributed by atoms with van der Waals surface area (Å²) >= 11 is 0. The van der Waals surface area contributed by atoms with E-state index in [9.17, 15) is 0 Å². The van der Waals surface area contributed by atoms with Crippen LogP contribution in [0, 0.1) is 0 Å². The number of furan rings is 1. The van der Waals surface area contributed by atoms with Crippen LogP contribution >= 0.6 is 0 Å². The van der Waals surface area contributed by atoms with Crippen LogP contribution in [0.25, 0.3) is 131 Å². The lowest BCUT2D eigenvalue weighted by atomic mass is 9.85. The van der Waals surface area contributed by atoms with Gasteiger partial charge in [-0.2, -0.15) is 0 Å². The smallest absolute Gasteiger partial charge is 0.136 e. The molecule has 0 unspecified atom stereocenters. The van der Waals surface area contributed by atoms with Crippen molar-refractivity contribution in [2.75, 3.05) is 0 Å². The molecule has 0 fully saturated rings. The van der Waals surface area contributed by atoms with Crippen molar-refractivity contribution in [3.8, 4) is 33.4 Å². The molecule has 13 rings (SSSR count). The summed E-state index contributed by atoms with van der Waals surface area (Å²) in [5.41, 5.74) is 9.03. The molecule has 13 aromatic rings. The molecule has 0 amide bonds. The summed E-state index contributed by atoms with van der Waals surface area (Å²) in [6.07, 6.45) is 0. The maximum absolute atomic E-state index is 6.93. The van der Waals surface area contributed by atoms with Gasteiger partial charge in [-0.3, -0.25) is 0 Å². The Labute approximate surface area is 328 Å². The number of hydrogen-bond acceptors (Lipinski definition) is 1. The van der Waals surface area contributed by atoms with Crippen LogP contribution in [0.3, 0.4) is 0 Å². The van der Waals surface area contributed by atoms with Crippen LogP contribution in [-0.2, 0) is 0 Å². The van der Waals surface area contributed by atoms with Gasteiger partial charge in [-0.25, -0.2) is 0 Å². The molecule has 0 spiro atoms. The third-order valence-electron chi connectivity index (χ3n) is 12.5. The highest BCUT2D eigenvalue weighted by Gasteiger charge is 2.21. The fourth-order valence-corrected chi connectivity index (χ4v) is 9.98. The summed E-state index contributed by atoms with van der Waals surface area (Å²) in [5, 5.41) is 19.9. The van der Waals surface area contributed by atoms with Crippen LogP contribution < -0.4 is 0 Å². The summed E-state index contributed by atoms with van der Waals surface area (Å²) in [5.74, 6) is 0. The summed E-state index contributed by atoms with van der Waals surface area (Å²) < 4.78 is 6.93. The molecule has 1 heterocycles. The van der Waals surface area contributed by atoms with Crippen molar-refractivity contribution in [3.05, 3.63) is 194 Å². The average Bonchev–Trinajstić information content (AvgIpc) is 3.64. The first-order chi connectivity index (χ1) is 28.2. The van der Waals surface area contributed by atoms with Crippen molar-refractivity contribution in [1.82, 2.24) is 0 Å². The fraction of sp³-hybridized carbons (Fsp3) is 0. The lowest BCUT2D eigenvalue weighted by molar-refractivity contribution is 0.669. The van der Waals surface area contributed by atoms with E-state index in [0.29, 0.717) is 0 Å². The predicted molar refractivity (Wildman–Crippen MR) is 244 cm³/mol. The minimum absolute atomic E-state index is 0.896. The van der Waals surface area contributed by atoms with E-state index in [1.807, 2.05) is 0 Å². The van der Waals surface area contributed by atoms with Crippen molar-refractivity contribution in [1.29, 1.82) is 0 Å². The van der Waals surface area contributed by atoms with E-state index in [2.05, 4.69) is 194 Å². The van der Waals surface area contributed by atoms with Gasteiger partial charge in [0.2, 0.25) is 0 Å². The Morgan fingerprint density at radius 1 is 0.228 bits per heavy atom. The second-order valence-corrected chi connectivity index (χ2v) is 15.6. The zero-order chi connectivity index (χ0) is 37.2. The molecule has 1 aromatic heterocycles. The van der Waals surface area contributed by atoms with Gasteiger partial charge in [0.25, 0.3) is 0 Å². The molecule has 1 heteroatoms. The molecule has 0 bridgehead atoms. The van der Waals surface area contributed by atoms with E-state index < -0.39 is 0 Å². The minimum Gasteiger partial charge on any atom is -0.456 e. The van der Waals surface area contributed by atoms with Gasteiger partial charge in [0.05, 0.1) is 0 Å². The second kappa shape index (κ2) is 11.5. The highest BCUT2D eigenvalue weighted by Crippen LogP contribution is 2.48. The average molecular weight is 721 g/mol. The Hall–Kier alpha value is -7.48. The van der Waals surface area contributed by atoms with Gasteiger partial charge in [-0.15, -0.1) is 0 Å². The quantitative estimate of drug-likeness (QED) is 0.166.